The molecule has 5 nitrogen and oxygen atoms in total. The Morgan fingerprint density at radius 1 is 0.443 bits per heavy atom. The zero-order valence-electron chi connectivity index (χ0n) is 40.8. The fourth-order valence-electron chi connectivity index (χ4n) is 10.4. The lowest BCUT2D eigenvalue weighted by atomic mass is 9.71. The summed E-state index contributed by atoms with van der Waals surface area (Å²) < 4.78 is 10.6. The van der Waals surface area contributed by atoms with Crippen LogP contribution in [0.5, 0.6) is 0 Å². The van der Waals surface area contributed by atoms with Crippen LogP contribution in [-0.4, -0.2) is 37.4 Å². The molecule has 70 heavy (non-hydrogen) atoms. The Kier molecular flexibility index (Phi) is 19.8. The predicted molar refractivity (Wildman–Crippen MR) is 288 cm³/mol. The van der Waals surface area contributed by atoms with Crippen molar-refractivity contribution in [3.63, 3.8) is 0 Å². The minimum absolute atomic E-state index is 0.0525. The smallest absolute Gasteiger partial charge is 0.317 e. The molecule has 8 atom stereocenters. The van der Waals surface area contributed by atoms with E-state index in [0.29, 0.717) is 18.3 Å². The second-order valence-electron chi connectivity index (χ2n) is 19.3. The molecular formula is C64H69BrO5. The van der Waals surface area contributed by atoms with Crippen LogP contribution in [0.25, 0.3) is 0 Å². The Hall–Kier alpha value is -6.08. The Morgan fingerprint density at radius 2 is 0.714 bits per heavy atom. The molecule has 0 radical (unpaired) electrons. The lowest BCUT2D eigenvalue weighted by Crippen LogP contribution is -2.38. The Balaban J connectivity index is 1.21. The van der Waals surface area contributed by atoms with Crippen LogP contribution >= 0.6 is 15.9 Å². The molecule has 7 rings (SSSR count). The number of hydrogen-bond acceptors (Lipinski definition) is 5. The van der Waals surface area contributed by atoms with Crippen molar-refractivity contribution < 1.29 is 24.2 Å². The Labute approximate surface area is 425 Å². The van der Waals surface area contributed by atoms with Crippen molar-refractivity contribution in [1.29, 1.82) is 0 Å². The quantitative estimate of drug-likeness (QED) is 0.0432. The van der Waals surface area contributed by atoms with Crippen LogP contribution in [0.1, 0.15) is 138 Å². The lowest BCUT2D eigenvalue weighted by Gasteiger charge is -2.33. The molecule has 0 aliphatic carbocycles. The third-order valence-electron chi connectivity index (χ3n) is 14.4. The summed E-state index contributed by atoms with van der Waals surface area (Å²) in [6.45, 7) is 0.811. The third-order valence-corrected chi connectivity index (χ3v) is 15.3. The topological polar surface area (TPSA) is 72.8 Å². The van der Waals surface area contributed by atoms with E-state index < -0.39 is 24.0 Å². The average molecular weight is 998 g/mol. The molecule has 0 aliphatic rings. The molecule has 0 saturated heterocycles. The molecule has 8 unspecified atom stereocenters. The van der Waals surface area contributed by atoms with Gasteiger partial charge in [-0.25, -0.2) is 0 Å². The first-order valence-corrected chi connectivity index (χ1v) is 26.0. The van der Waals surface area contributed by atoms with Gasteiger partial charge in [0.1, 0.15) is 12.0 Å². The first-order valence-electron chi connectivity index (χ1n) is 25.1. The molecule has 0 aliphatic heterocycles. The molecule has 7 aromatic carbocycles. The summed E-state index contributed by atoms with van der Waals surface area (Å²) in [7, 11) is 1.27. The zero-order chi connectivity index (χ0) is 49.0. The van der Waals surface area contributed by atoms with Crippen LogP contribution in [0.3, 0.4) is 0 Å². The molecule has 362 valence electrons. The first-order chi connectivity index (χ1) is 34.2. The van der Waals surface area contributed by atoms with E-state index in [1.807, 2.05) is 6.07 Å². The number of aliphatic hydroxyl groups excluding tert-OH is 1. The van der Waals surface area contributed by atoms with Crippen LogP contribution in [0, 0.1) is 5.41 Å². The molecular weight excluding hydrogens is 929 g/mol. The molecule has 6 heteroatoms. The van der Waals surface area contributed by atoms with Gasteiger partial charge in [0.15, 0.2) is 0 Å². The van der Waals surface area contributed by atoms with Gasteiger partial charge in [-0.1, -0.05) is 228 Å². The number of alkyl halides is 1. The van der Waals surface area contributed by atoms with Crippen molar-refractivity contribution in [1.82, 2.24) is 0 Å². The number of benzene rings is 7. The van der Waals surface area contributed by atoms with Crippen LogP contribution in [0.4, 0.5) is 0 Å². The molecule has 0 saturated carbocycles. The minimum atomic E-state index is -1.32. The summed E-state index contributed by atoms with van der Waals surface area (Å²) in [5.74, 6) is 0.294. The summed E-state index contributed by atoms with van der Waals surface area (Å²) in [6, 6.07) is 76.8. The summed E-state index contributed by atoms with van der Waals surface area (Å²) in [5, 5.41) is 9.99. The van der Waals surface area contributed by atoms with Crippen LogP contribution < -0.4 is 0 Å². The van der Waals surface area contributed by atoms with Gasteiger partial charge in [0.05, 0.1) is 13.7 Å². The zero-order valence-corrected chi connectivity index (χ0v) is 42.4. The van der Waals surface area contributed by atoms with E-state index in [2.05, 4.69) is 222 Å². The first kappa shape index (κ1) is 51.8. The highest BCUT2D eigenvalue weighted by atomic mass is 79.9. The molecule has 0 heterocycles. The Bertz CT molecular complexity index is 2560. The molecule has 0 amide bonds. The van der Waals surface area contributed by atoms with Crippen molar-refractivity contribution in [2.75, 3.05) is 20.3 Å². The number of halogens is 1. The van der Waals surface area contributed by atoms with Crippen LogP contribution in [-0.2, 0) is 19.1 Å². The number of hydrogen-bond donors (Lipinski definition) is 1. The fourth-order valence-corrected chi connectivity index (χ4v) is 11.2. The number of aliphatic hydroxyl groups is 1. The molecule has 1 N–H and O–H groups in total. The third kappa shape index (κ3) is 15.0. The van der Waals surface area contributed by atoms with E-state index in [9.17, 15) is 14.7 Å². The number of rotatable bonds is 26. The molecule has 0 spiro atoms. The molecule has 0 bridgehead atoms. The normalized spacial score (nSPS) is 15.3. The predicted octanol–water partition coefficient (Wildman–Crippen LogP) is 15.7. The van der Waals surface area contributed by atoms with Gasteiger partial charge in [-0.2, -0.15) is 0 Å². The average Bonchev–Trinajstić information content (AvgIpc) is 3.43. The van der Waals surface area contributed by atoms with E-state index in [4.69, 9.17) is 9.47 Å². The molecule has 0 fully saturated rings. The maximum Gasteiger partial charge on any atom is 0.317 e. The Morgan fingerprint density at radius 3 is 1.01 bits per heavy atom. The summed E-state index contributed by atoms with van der Waals surface area (Å²) in [4.78, 5) is 26.1. The van der Waals surface area contributed by atoms with Crippen molar-refractivity contribution in [2.24, 2.45) is 5.41 Å². The number of methoxy groups -OCH3 is 1. The fraction of sp³-hybridized carbons (Fsp3) is 0.312. The molecule has 7 aromatic rings. The maximum absolute atomic E-state index is 13.4. The standard InChI is InChI=1S/C64H69BrO5/c1-64(46-66,63(68)69-2)47-70-62(67)39-38-55(48-24-10-3-11-25-48)40-56(49-26-12-4-13-27-49)41-57(50-28-14-5-15-29-50)42-58(51-30-16-6-17-31-51)43-59(52-32-18-7-19-33-52)44-60(53-34-20-8-21-35-53)45-61(65)54-36-22-9-23-37-54/h3-37,55-61,66H,38-47H2,1-2H3. The van der Waals surface area contributed by atoms with Gasteiger partial charge < -0.3 is 14.6 Å². The lowest BCUT2D eigenvalue weighted by molar-refractivity contribution is -0.163. The number of ether oxygens (including phenoxy) is 2. The van der Waals surface area contributed by atoms with Crippen molar-refractivity contribution in [2.45, 2.75) is 98.6 Å². The highest BCUT2D eigenvalue weighted by Crippen LogP contribution is 2.47. The van der Waals surface area contributed by atoms with Crippen molar-refractivity contribution in [3.8, 4) is 0 Å². The number of carbonyl (C=O) groups excluding carboxylic acids is 2. The second-order valence-corrected chi connectivity index (χ2v) is 20.5. The van der Waals surface area contributed by atoms with Gasteiger partial charge in [0, 0.05) is 11.2 Å². The van der Waals surface area contributed by atoms with E-state index in [0.717, 1.165) is 38.5 Å². The highest BCUT2D eigenvalue weighted by molar-refractivity contribution is 9.09. The van der Waals surface area contributed by atoms with E-state index in [-0.39, 0.29) is 41.5 Å². The van der Waals surface area contributed by atoms with Crippen LogP contribution in [0.15, 0.2) is 212 Å². The number of carbonyl (C=O) groups is 2. The van der Waals surface area contributed by atoms with Gasteiger partial charge >= 0.3 is 11.9 Å². The monoisotopic (exact) mass is 996 g/mol. The van der Waals surface area contributed by atoms with Crippen molar-refractivity contribution >= 4 is 27.9 Å². The van der Waals surface area contributed by atoms with Crippen LogP contribution in [0.2, 0.25) is 0 Å². The van der Waals surface area contributed by atoms with Crippen molar-refractivity contribution in [3.05, 3.63) is 251 Å². The van der Waals surface area contributed by atoms with E-state index in [1.54, 1.807) is 6.92 Å². The van der Waals surface area contributed by atoms with E-state index >= 15 is 0 Å². The number of esters is 2. The van der Waals surface area contributed by atoms with Gasteiger partial charge in [-0.3, -0.25) is 9.59 Å². The van der Waals surface area contributed by atoms with Gasteiger partial charge in [-0.05, 0) is 126 Å². The maximum atomic E-state index is 13.4. The second kappa shape index (κ2) is 26.8. The van der Waals surface area contributed by atoms with Gasteiger partial charge in [0.25, 0.3) is 0 Å². The summed E-state index contributed by atoms with van der Waals surface area (Å²) in [6.07, 6.45) is 6.45. The SMILES string of the molecule is COC(=O)C(C)(CO)COC(=O)CCC(CC(CC(CC(CC(CC(CC(Br)c1ccccc1)c1ccccc1)c1ccccc1)c1ccccc1)c1ccccc1)c1ccccc1)c1ccccc1. The minimum Gasteiger partial charge on any atom is -0.468 e. The largest absolute Gasteiger partial charge is 0.468 e. The van der Waals surface area contributed by atoms with Gasteiger partial charge in [0.2, 0.25) is 0 Å². The van der Waals surface area contributed by atoms with E-state index in [1.165, 1.54) is 46.1 Å². The highest BCUT2D eigenvalue weighted by Gasteiger charge is 2.36. The molecule has 0 aromatic heterocycles. The summed E-state index contributed by atoms with van der Waals surface area (Å²) >= 11 is 4.14. The summed E-state index contributed by atoms with van der Waals surface area (Å²) in [5.41, 5.74) is 7.90. The van der Waals surface area contributed by atoms with Gasteiger partial charge in [-0.15, -0.1) is 0 Å².